The summed E-state index contributed by atoms with van der Waals surface area (Å²) in [6.45, 7) is 0. The first-order valence-corrected chi connectivity index (χ1v) is 10.0. The average molecular weight is 363 g/mol. The summed E-state index contributed by atoms with van der Waals surface area (Å²) in [4.78, 5) is 0. The van der Waals surface area contributed by atoms with Crippen LogP contribution in [0.1, 0.15) is 0 Å². The first kappa shape index (κ1) is 15.0. The molecule has 4 aromatic carbocycles. The number of nitrogens with zero attached hydrogens (tertiary/aromatic N) is 1. The SMILES string of the molecule is Cn1c2c(-c3ccccc3)cccc2c2ccc3sc4ccccc4c3c21. The van der Waals surface area contributed by atoms with Crippen LogP contribution in [0.25, 0.3) is 53.1 Å². The zero-order valence-electron chi connectivity index (χ0n) is 14.9. The van der Waals surface area contributed by atoms with Crippen molar-refractivity contribution in [2.45, 2.75) is 0 Å². The van der Waals surface area contributed by atoms with Crippen molar-refractivity contribution in [1.82, 2.24) is 4.57 Å². The minimum Gasteiger partial charge on any atom is -0.343 e. The van der Waals surface area contributed by atoms with Gasteiger partial charge in [0, 0.05) is 43.6 Å². The Morgan fingerprint density at radius 2 is 1.33 bits per heavy atom. The third-order valence-corrected chi connectivity index (χ3v) is 6.73. The molecule has 0 aliphatic heterocycles. The number of hydrogen-bond donors (Lipinski definition) is 0. The molecule has 0 radical (unpaired) electrons. The molecule has 2 aromatic heterocycles. The smallest absolute Gasteiger partial charge is 0.0583 e. The molecule has 6 rings (SSSR count). The fourth-order valence-corrected chi connectivity index (χ4v) is 5.56. The zero-order valence-corrected chi connectivity index (χ0v) is 15.8. The van der Waals surface area contributed by atoms with Crippen LogP contribution in [-0.2, 0) is 7.05 Å². The highest BCUT2D eigenvalue weighted by molar-refractivity contribution is 7.26. The summed E-state index contributed by atoms with van der Waals surface area (Å²) in [7, 11) is 2.21. The summed E-state index contributed by atoms with van der Waals surface area (Å²) in [6.07, 6.45) is 0. The Balaban J connectivity index is 1.86. The molecular weight excluding hydrogens is 346 g/mol. The number of rotatable bonds is 1. The lowest BCUT2D eigenvalue weighted by Gasteiger charge is -2.07. The second-order valence-corrected chi connectivity index (χ2v) is 8.14. The van der Waals surface area contributed by atoms with E-state index in [1.807, 2.05) is 11.3 Å². The maximum absolute atomic E-state index is 2.40. The predicted octanol–water partition coefficient (Wildman–Crippen LogP) is 7.37. The predicted molar refractivity (Wildman–Crippen MR) is 119 cm³/mol. The van der Waals surface area contributed by atoms with Gasteiger partial charge in [-0.1, -0.05) is 72.8 Å². The fourth-order valence-electron chi connectivity index (χ4n) is 4.45. The van der Waals surface area contributed by atoms with Crippen molar-refractivity contribution in [3.8, 4) is 11.1 Å². The van der Waals surface area contributed by atoms with Gasteiger partial charge in [0.2, 0.25) is 0 Å². The molecule has 2 heteroatoms. The van der Waals surface area contributed by atoms with Crippen LogP contribution in [0.4, 0.5) is 0 Å². The summed E-state index contributed by atoms with van der Waals surface area (Å²) in [5.41, 5.74) is 5.20. The van der Waals surface area contributed by atoms with Gasteiger partial charge in [-0.2, -0.15) is 0 Å². The van der Waals surface area contributed by atoms with Gasteiger partial charge in [-0.05, 0) is 17.7 Å². The summed E-state index contributed by atoms with van der Waals surface area (Å²) in [5, 5.41) is 5.40. The van der Waals surface area contributed by atoms with Crippen molar-refractivity contribution >= 4 is 53.3 Å². The molecule has 0 unspecified atom stereocenters. The van der Waals surface area contributed by atoms with E-state index < -0.39 is 0 Å². The summed E-state index contributed by atoms with van der Waals surface area (Å²) in [6, 6.07) is 30.7. The minimum atomic E-state index is 1.26. The van der Waals surface area contributed by atoms with Gasteiger partial charge >= 0.3 is 0 Å². The largest absolute Gasteiger partial charge is 0.343 e. The number of thiophene rings is 1. The van der Waals surface area contributed by atoms with E-state index in [1.165, 1.54) is 53.1 Å². The Kier molecular flexibility index (Phi) is 3.03. The molecule has 0 saturated heterocycles. The zero-order chi connectivity index (χ0) is 18.0. The monoisotopic (exact) mass is 363 g/mol. The highest BCUT2D eigenvalue weighted by Crippen LogP contribution is 2.43. The Labute approximate surface area is 161 Å². The first-order valence-electron chi connectivity index (χ1n) is 9.20. The number of fused-ring (bicyclic) bond motifs is 7. The molecule has 0 aliphatic carbocycles. The average Bonchev–Trinajstić information content (AvgIpc) is 3.24. The van der Waals surface area contributed by atoms with Crippen molar-refractivity contribution in [1.29, 1.82) is 0 Å². The summed E-state index contributed by atoms with van der Waals surface area (Å²) in [5.74, 6) is 0. The van der Waals surface area contributed by atoms with Crippen LogP contribution in [0.5, 0.6) is 0 Å². The van der Waals surface area contributed by atoms with Crippen molar-refractivity contribution < 1.29 is 0 Å². The lowest BCUT2D eigenvalue weighted by Crippen LogP contribution is -1.90. The quantitative estimate of drug-likeness (QED) is 0.287. The van der Waals surface area contributed by atoms with E-state index >= 15 is 0 Å². The highest BCUT2D eigenvalue weighted by atomic mass is 32.1. The van der Waals surface area contributed by atoms with E-state index in [-0.39, 0.29) is 0 Å². The Hall–Kier alpha value is -3.10. The normalized spacial score (nSPS) is 11.9. The molecule has 0 atom stereocenters. The molecule has 0 fully saturated rings. The van der Waals surface area contributed by atoms with Gasteiger partial charge in [-0.3, -0.25) is 0 Å². The lowest BCUT2D eigenvalue weighted by molar-refractivity contribution is 1.02. The molecule has 0 aliphatic rings. The third-order valence-electron chi connectivity index (χ3n) is 5.60. The van der Waals surface area contributed by atoms with E-state index in [1.54, 1.807) is 0 Å². The maximum atomic E-state index is 2.40. The molecule has 0 spiro atoms. The summed E-state index contributed by atoms with van der Waals surface area (Å²) >= 11 is 1.88. The second kappa shape index (κ2) is 5.45. The van der Waals surface area contributed by atoms with Gasteiger partial charge in [0.25, 0.3) is 0 Å². The molecular formula is C25H17NS. The Bertz CT molecular complexity index is 1470. The van der Waals surface area contributed by atoms with Gasteiger partial charge < -0.3 is 4.57 Å². The van der Waals surface area contributed by atoms with E-state index in [0.29, 0.717) is 0 Å². The van der Waals surface area contributed by atoms with Crippen LogP contribution >= 0.6 is 11.3 Å². The van der Waals surface area contributed by atoms with Crippen molar-refractivity contribution in [2.24, 2.45) is 7.05 Å². The van der Waals surface area contributed by atoms with Gasteiger partial charge in [0.15, 0.2) is 0 Å². The molecule has 0 N–H and O–H groups in total. The third kappa shape index (κ3) is 1.99. The molecule has 0 amide bonds. The van der Waals surface area contributed by atoms with E-state index in [2.05, 4.69) is 96.5 Å². The number of benzene rings is 4. The molecule has 1 nitrogen and oxygen atoms in total. The number of hydrogen-bond acceptors (Lipinski definition) is 1. The second-order valence-electron chi connectivity index (χ2n) is 7.06. The maximum Gasteiger partial charge on any atom is 0.0583 e. The summed E-state index contributed by atoms with van der Waals surface area (Å²) < 4.78 is 5.11. The topological polar surface area (TPSA) is 4.93 Å². The van der Waals surface area contributed by atoms with Gasteiger partial charge in [-0.15, -0.1) is 11.3 Å². The van der Waals surface area contributed by atoms with E-state index in [4.69, 9.17) is 0 Å². The van der Waals surface area contributed by atoms with Gasteiger partial charge in [-0.25, -0.2) is 0 Å². The van der Waals surface area contributed by atoms with Crippen molar-refractivity contribution in [3.05, 3.63) is 84.9 Å². The fraction of sp³-hybridized carbons (Fsp3) is 0.0400. The van der Waals surface area contributed by atoms with Crippen LogP contribution in [0.2, 0.25) is 0 Å². The van der Waals surface area contributed by atoms with Crippen molar-refractivity contribution in [3.63, 3.8) is 0 Å². The van der Waals surface area contributed by atoms with Gasteiger partial charge in [0.1, 0.15) is 0 Å². The van der Waals surface area contributed by atoms with Crippen LogP contribution in [0.15, 0.2) is 84.9 Å². The van der Waals surface area contributed by atoms with E-state index in [0.717, 1.165) is 0 Å². The highest BCUT2D eigenvalue weighted by Gasteiger charge is 2.17. The van der Waals surface area contributed by atoms with Crippen LogP contribution in [0.3, 0.4) is 0 Å². The molecule has 2 heterocycles. The molecule has 128 valence electrons. The lowest BCUT2D eigenvalue weighted by atomic mass is 10.0. The standard InChI is InChI=1S/C25H17NS/c1-26-24-17(16-8-3-2-4-9-16)11-7-12-18(24)19-14-15-22-23(25(19)26)20-10-5-6-13-21(20)27-22/h2-15H,1H3. The van der Waals surface area contributed by atoms with Crippen LogP contribution in [0, 0.1) is 0 Å². The Morgan fingerprint density at radius 1 is 0.593 bits per heavy atom. The van der Waals surface area contributed by atoms with E-state index in [9.17, 15) is 0 Å². The molecule has 6 aromatic rings. The van der Waals surface area contributed by atoms with Crippen molar-refractivity contribution in [2.75, 3.05) is 0 Å². The number of aromatic nitrogens is 1. The van der Waals surface area contributed by atoms with Crippen LogP contribution < -0.4 is 0 Å². The molecule has 27 heavy (non-hydrogen) atoms. The van der Waals surface area contributed by atoms with Gasteiger partial charge in [0.05, 0.1) is 11.0 Å². The molecule has 0 bridgehead atoms. The number of aryl methyl sites for hydroxylation is 1. The first-order chi connectivity index (χ1) is 13.3. The Morgan fingerprint density at radius 3 is 2.22 bits per heavy atom. The molecule has 0 saturated carbocycles. The van der Waals surface area contributed by atoms with Crippen LogP contribution in [-0.4, -0.2) is 4.57 Å². The number of para-hydroxylation sites is 1. The minimum absolute atomic E-state index is 1.26.